The zero-order valence-electron chi connectivity index (χ0n) is 12.4. The number of fused-ring (bicyclic) bond motifs is 1. The number of hydrogen-bond donors (Lipinski definition) is 3. The number of oxime groups is 1. The number of pyridine rings is 1. The predicted molar refractivity (Wildman–Crippen MR) is 83.8 cm³/mol. The molecule has 1 aromatic carbocycles. The first-order chi connectivity index (χ1) is 9.81. The zero-order chi connectivity index (χ0) is 15.6. The smallest absolute Gasteiger partial charge is 0.173 e. The van der Waals surface area contributed by atoms with Crippen molar-refractivity contribution < 1.29 is 10.3 Å². The first-order valence-corrected chi connectivity index (χ1v) is 6.63. The van der Waals surface area contributed by atoms with Gasteiger partial charge in [0.25, 0.3) is 0 Å². The molecular weight excluding hydrogens is 268 g/mol. The van der Waals surface area contributed by atoms with Crippen molar-refractivity contribution >= 4 is 22.6 Å². The van der Waals surface area contributed by atoms with Crippen molar-refractivity contribution in [2.75, 3.05) is 18.5 Å². The van der Waals surface area contributed by atoms with Gasteiger partial charge in [0.05, 0.1) is 16.7 Å². The Labute approximate surface area is 123 Å². The highest BCUT2D eigenvalue weighted by atomic mass is 16.4. The Morgan fingerprint density at radius 1 is 1.38 bits per heavy atom. The van der Waals surface area contributed by atoms with Crippen molar-refractivity contribution in [2.45, 2.75) is 19.4 Å². The molecule has 0 aliphatic carbocycles. The molecule has 0 unspecified atom stereocenters. The van der Waals surface area contributed by atoms with Crippen LogP contribution in [-0.4, -0.2) is 40.3 Å². The van der Waals surface area contributed by atoms with Gasteiger partial charge in [-0.1, -0.05) is 23.4 Å². The third-order valence-corrected chi connectivity index (χ3v) is 3.07. The zero-order valence-corrected chi connectivity index (χ0v) is 12.4. The second-order valence-electron chi connectivity index (χ2n) is 5.71. The molecule has 21 heavy (non-hydrogen) atoms. The highest BCUT2D eigenvalue weighted by Gasteiger charge is 2.20. The average molecular weight is 288 g/mol. The van der Waals surface area contributed by atoms with Crippen LogP contribution in [0.25, 0.3) is 10.9 Å². The van der Waals surface area contributed by atoms with Crippen LogP contribution in [0.5, 0.6) is 0 Å². The van der Waals surface area contributed by atoms with Crippen LogP contribution in [0.15, 0.2) is 35.5 Å². The molecular formula is C15H20N4O2. The number of hydrogen-bond acceptors (Lipinski definition) is 5. The molecule has 0 aliphatic rings. The van der Waals surface area contributed by atoms with Crippen LogP contribution in [0.4, 0.5) is 5.82 Å². The Balaban J connectivity index is 2.58. The van der Waals surface area contributed by atoms with Gasteiger partial charge in [0, 0.05) is 19.0 Å². The molecule has 2 aromatic rings. The summed E-state index contributed by atoms with van der Waals surface area (Å²) in [7, 11) is 1.81. The van der Waals surface area contributed by atoms with E-state index in [9.17, 15) is 5.11 Å². The first-order valence-electron chi connectivity index (χ1n) is 6.63. The fourth-order valence-corrected chi connectivity index (χ4v) is 2.29. The van der Waals surface area contributed by atoms with E-state index in [4.69, 9.17) is 10.9 Å². The fourth-order valence-electron chi connectivity index (χ4n) is 2.29. The van der Waals surface area contributed by atoms with E-state index in [1.165, 1.54) is 0 Å². The molecule has 1 heterocycles. The van der Waals surface area contributed by atoms with Crippen LogP contribution >= 0.6 is 0 Å². The summed E-state index contributed by atoms with van der Waals surface area (Å²) in [5.74, 6) is 0.553. The number of anilines is 1. The number of nitrogens with two attached hydrogens (primary N) is 1. The van der Waals surface area contributed by atoms with Crippen molar-refractivity contribution in [2.24, 2.45) is 10.9 Å². The van der Waals surface area contributed by atoms with Crippen molar-refractivity contribution in [3.63, 3.8) is 0 Å². The van der Waals surface area contributed by atoms with Crippen LogP contribution in [0.2, 0.25) is 0 Å². The molecule has 0 amide bonds. The Kier molecular flexibility index (Phi) is 3.99. The number of rotatable bonds is 4. The van der Waals surface area contributed by atoms with E-state index >= 15 is 0 Å². The summed E-state index contributed by atoms with van der Waals surface area (Å²) < 4.78 is 0. The van der Waals surface area contributed by atoms with Crippen LogP contribution < -0.4 is 10.6 Å². The molecule has 2 rings (SSSR count). The Morgan fingerprint density at radius 2 is 2.05 bits per heavy atom. The van der Waals surface area contributed by atoms with Gasteiger partial charge >= 0.3 is 0 Å². The van der Waals surface area contributed by atoms with Crippen LogP contribution in [0, 0.1) is 0 Å². The lowest BCUT2D eigenvalue weighted by Crippen LogP contribution is -2.37. The highest BCUT2D eigenvalue weighted by Crippen LogP contribution is 2.24. The quantitative estimate of drug-likeness (QED) is 0.343. The van der Waals surface area contributed by atoms with Gasteiger partial charge in [-0.2, -0.15) is 0 Å². The summed E-state index contributed by atoms with van der Waals surface area (Å²) in [6.45, 7) is 3.80. The summed E-state index contributed by atoms with van der Waals surface area (Å²) in [5.41, 5.74) is 6.21. The minimum atomic E-state index is -0.884. The van der Waals surface area contributed by atoms with Gasteiger partial charge in [0.2, 0.25) is 0 Å². The number of benzene rings is 1. The number of amidine groups is 1. The molecule has 0 radical (unpaired) electrons. The monoisotopic (exact) mass is 288 g/mol. The van der Waals surface area contributed by atoms with Gasteiger partial charge < -0.3 is 20.9 Å². The largest absolute Gasteiger partial charge is 0.409 e. The maximum Gasteiger partial charge on any atom is 0.173 e. The van der Waals surface area contributed by atoms with Crippen LogP contribution in [0.3, 0.4) is 0 Å². The normalized spacial score (nSPS) is 12.7. The molecule has 0 bridgehead atoms. The minimum Gasteiger partial charge on any atom is -0.409 e. The van der Waals surface area contributed by atoms with E-state index in [-0.39, 0.29) is 5.84 Å². The van der Waals surface area contributed by atoms with Crippen LogP contribution in [0.1, 0.15) is 19.4 Å². The molecule has 0 atom stereocenters. The molecule has 0 fully saturated rings. The topological polar surface area (TPSA) is 95.0 Å². The Bertz CT molecular complexity index is 677. The molecule has 1 aromatic heterocycles. The molecule has 0 saturated carbocycles. The summed E-state index contributed by atoms with van der Waals surface area (Å²) in [4.78, 5) is 6.36. The fraction of sp³-hybridized carbons (Fsp3) is 0.333. The molecule has 6 nitrogen and oxygen atoms in total. The Hall–Kier alpha value is -2.34. The van der Waals surface area contributed by atoms with Gasteiger partial charge in [-0.15, -0.1) is 0 Å². The lowest BCUT2D eigenvalue weighted by Gasteiger charge is -2.28. The molecule has 0 aliphatic heterocycles. The SMILES string of the molecule is CN(CC(C)(C)O)c1nc2ccccc2cc1C(N)=NO. The first kappa shape index (κ1) is 15.1. The molecule has 4 N–H and O–H groups in total. The lowest BCUT2D eigenvalue weighted by atomic mass is 10.1. The van der Waals surface area contributed by atoms with E-state index in [2.05, 4.69) is 10.1 Å². The highest BCUT2D eigenvalue weighted by molar-refractivity contribution is 6.04. The number of aliphatic hydroxyl groups is 1. The standard InChI is InChI=1S/C15H20N4O2/c1-15(2,20)9-19(3)14-11(13(16)18-21)8-10-6-4-5-7-12(10)17-14/h4-8,20-21H,9H2,1-3H3,(H2,16,18). The third kappa shape index (κ3) is 3.41. The summed E-state index contributed by atoms with van der Waals surface area (Å²) >= 11 is 0. The summed E-state index contributed by atoms with van der Waals surface area (Å²) in [6, 6.07) is 9.44. The number of para-hydroxylation sites is 1. The third-order valence-electron chi connectivity index (χ3n) is 3.07. The van der Waals surface area contributed by atoms with E-state index in [0.717, 1.165) is 10.9 Å². The lowest BCUT2D eigenvalue weighted by molar-refractivity contribution is 0.0884. The Morgan fingerprint density at radius 3 is 2.67 bits per heavy atom. The van der Waals surface area contributed by atoms with Crippen molar-refractivity contribution in [3.05, 3.63) is 35.9 Å². The van der Waals surface area contributed by atoms with E-state index in [0.29, 0.717) is 17.9 Å². The minimum absolute atomic E-state index is 0.00847. The molecule has 112 valence electrons. The van der Waals surface area contributed by atoms with E-state index < -0.39 is 5.60 Å². The number of aromatic nitrogens is 1. The van der Waals surface area contributed by atoms with E-state index in [1.807, 2.05) is 37.4 Å². The van der Waals surface area contributed by atoms with Crippen LogP contribution in [-0.2, 0) is 0 Å². The van der Waals surface area contributed by atoms with E-state index in [1.54, 1.807) is 18.7 Å². The maximum atomic E-state index is 9.97. The van der Waals surface area contributed by atoms with Gasteiger partial charge in [-0.3, -0.25) is 0 Å². The molecule has 0 saturated heterocycles. The summed E-state index contributed by atoms with van der Waals surface area (Å²) in [6.07, 6.45) is 0. The molecule has 6 heteroatoms. The second kappa shape index (κ2) is 5.57. The maximum absolute atomic E-state index is 9.97. The summed E-state index contributed by atoms with van der Waals surface area (Å²) in [5, 5.41) is 22.9. The number of nitrogens with zero attached hydrogens (tertiary/aromatic N) is 3. The van der Waals surface area contributed by atoms with Gasteiger partial charge in [0.15, 0.2) is 5.84 Å². The number of likely N-dealkylation sites (N-methyl/N-ethyl adjacent to an activating group) is 1. The van der Waals surface area contributed by atoms with Gasteiger partial charge in [-0.25, -0.2) is 4.98 Å². The van der Waals surface area contributed by atoms with Gasteiger partial charge in [0.1, 0.15) is 5.82 Å². The van der Waals surface area contributed by atoms with Crippen molar-refractivity contribution in [1.29, 1.82) is 0 Å². The average Bonchev–Trinajstić information content (AvgIpc) is 2.43. The van der Waals surface area contributed by atoms with Crippen molar-refractivity contribution in [1.82, 2.24) is 4.98 Å². The second-order valence-corrected chi connectivity index (χ2v) is 5.71. The molecule has 0 spiro atoms. The van der Waals surface area contributed by atoms with Crippen molar-refractivity contribution in [3.8, 4) is 0 Å². The predicted octanol–water partition coefficient (Wildman–Crippen LogP) is 1.54. The van der Waals surface area contributed by atoms with Gasteiger partial charge in [-0.05, 0) is 26.0 Å².